The molecular weight excluding hydrogens is 266 g/mol. The zero-order valence-electron chi connectivity index (χ0n) is 14.1. The number of methoxy groups -OCH3 is 1. The second-order valence-electron chi connectivity index (χ2n) is 7.13. The smallest absolute Gasteiger partial charge is 0.207 e. The molecule has 1 unspecified atom stereocenters. The minimum atomic E-state index is -0.825. The zero-order valence-corrected chi connectivity index (χ0v) is 14.1. The Balaban J connectivity index is 2.64. The van der Waals surface area contributed by atoms with Crippen molar-refractivity contribution in [1.29, 1.82) is 0 Å². The summed E-state index contributed by atoms with van der Waals surface area (Å²) in [5.74, 6) is 0.605. The zero-order chi connectivity index (χ0) is 16.1. The highest BCUT2D eigenvalue weighted by Crippen LogP contribution is 2.38. The van der Waals surface area contributed by atoms with Crippen LogP contribution in [0.5, 0.6) is 0 Å². The lowest BCUT2D eigenvalue weighted by Crippen LogP contribution is -2.47. The predicted octanol–water partition coefficient (Wildman–Crippen LogP) is 2.66. The van der Waals surface area contributed by atoms with Gasteiger partial charge in [0.15, 0.2) is 0 Å². The Morgan fingerprint density at radius 3 is 2.38 bits per heavy atom. The molecule has 21 heavy (non-hydrogen) atoms. The van der Waals surface area contributed by atoms with E-state index in [9.17, 15) is 9.90 Å². The van der Waals surface area contributed by atoms with Crippen molar-refractivity contribution in [3.05, 3.63) is 12.2 Å². The van der Waals surface area contributed by atoms with Crippen molar-refractivity contribution in [2.45, 2.75) is 70.6 Å². The van der Waals surface area contributed by atoms with Crippen molar-refractivity contribution in [2.75, 3.05) is 7.11 Å². The quantitative estimate of drug-likeness (QED) is 0.561. The minimum absolute atomic E-state index is 0.0297. The van der Waals surface area contributed by atoms with Gasteiger partial charge in [-0.2, -0.15) is 0 Å². The Morgan fingerprint density at radius 2 is 1.95 bits per heavy atom. The number of carbonyl (C=O) groups excluding carboxylic acids is 1. The van der Waals surface area contributed by atoms with E-state index in [0.29, 0.717) is 5.92 Å². The van der Waals surface area contributed by atoms with Gasteiger partial charge in [0.2, 0.25) is 6.41 Å². The summed E-state index contributed by atoms with van der Waals surface area (Å²) in [7, 11) is 1.70. The Hall–Kier alpha value is -0.870. The lowest BCUT2D eigenvalue weighted by atomic mass is 9.71. The average molecular weight is 297 g/mol. The summed E-state index contributed by atoms with van der Waals surface area (Å²) < 4.78 is 5.41. The lowest BCUT2D eigenvalue weighted by Gasteiger charge is -2.41. The fraction of sp³-hybridized carbons (Fsp3) is 0.824. The van der Waals surface area contributed by atoms with Gasteiger partial charge in [-0.1, -0.05) is 26.0 Å². The molecule has 1 fully saturated rings. The Labute approximate surface area is 129 Å². The van der Waals surface area contributed by atoms with Crippen LogP contribution in [-0.2, 0) is 9.53 Å². The van der Waals surface area contributed by atoms with E-state index in [-0.39, 0.29) is 17.6 Å². The molecule has 1 rings (SSSR count). The summed E-state index contributed by atoms with van der Waals surface area (Å²) in [6.07, 6.45) is 8.30. The van der Waals surface area contributed by atoms with Crippen LogP contribution in [0.3, 0.4) is 0 Å². The van der Waals surface area contributed by atoms with Gasteiger partial charge in [0.05, 0.1) is 11.7 Å². The molecule has 0 heterocycles. The summed E-state index contributed by atoms with van der Waals surface area (Å²) in [6, 6.07) is 0. The minimum Gasteiger partial charge on any atom is -0.386 e. The maximum absolute atomic E-state index is 10.7. The first kappa shape index (κ1) is 18.2. The molecule has 0 spiro atoms. The number of nitrogens with one attached hydrogen (secondary N) is 1. The van der Waals surface area contributed by atoms with Crippen LogP contribution in [0, 0.1) is 11.8 Å². The summed E-state index contributed by atoms with van der Waals surface area (Å²) in [5, 5.41) is 13.6. The Morgan fingerprint density at radius 1 is 1.38 bits per heavy atom. The highest BCUT2D eigenvalue weighted by atomic mass is 16.5. The second kappa shape index (κ2) is 7.41. The van der Waals surface area contributed by atoms with E-state index in [4.69, 9.17) is 4.74 Å². The molecular formula is C17H31NO3. The van der Waals surface area contributed by atoms with E-state index in [0.717, 1.165) is 32.1 Å². The Kier molecular flexibility index (Phi) is 6.41. The van der Waals surface area contributed by atoms with Gasteiger partial charge in [-0.05, 0) is 51.4 Å². The molecule has 122 valence electrons. The van der Waals surface area contributed by atoms with E-state index < -0.39 is 5.60 Å². The molecule has 0 saturated heterocycles. The first-order valence-corrected chi connectivity index (χ1v) is 7.90. The number of ether oxygens (including phenoxy) is 1. The number of carbonyl (C=O) groups is 1. The van der Waals surface area contributed by atoms with Crippen molar-refractivity contribution >= 4 is 6.41 Å². The maximum atomic E-state index is 10.7. The lowest BCUT2D eigenvalue weighted by molar-refractivity contribution is -0.111. The fourth-order valence-electron chi connectivity index (χ4n) is 3.12. The summed E-state index contributed by atoms with van der Waals surface area (Å²) in [5.41, 5.74) is -0.945. The third kappa shape index (κ3) is 5.11. The van der Waals surface area contributed by atoms with Crippen LogP contribution >= 0.6 is 0 Å². The molecule has 4 heteroatoms. The molecule has 2 N–H and O–H groups in total. The fourth-order valence-corrected chi connectivity index (χ4v) is 3.12. The van der Waals surface area contributed by atoms with E-state index in [1.54, 1.807) is 7.11 Å². The van der Waals surface area contributed by atoms with Crippen LogP contribution < -0.4 is 5.32 Å². The van der Waals surface area contributed by atoms with Gasteiger partial charge in [-0.15, -0.1) is 0 Å². The molecule has 0 radical (unpaired) electrons. The summed E-state index contributed by atoms with van der Waals surface area (Å²) >= 11 is 0. The highest BCUT2D eigenvalue weighted by molar-refractivity contribution is 5.47. The normalized spacial score (nSPS) is 31.1. The molecule has 1 saturated carbocycles. The van der Waals surface area contributed by atoms with E-state index in [1.165, 1.54) is 0 Å². The van der Waals surface area contributed by atoms with Crippen LogP contribution in [0.1, 0.15) is 53.4 Å². The van der Waals surface area contributed by atoms with E-state index in [2.05, 4.69) is 26.1 Å². The van der Waals surface area contributed by atoms with Crippen molar-refractivity contribution in [3.8, 4) is 0 Å². The van der Waals surface area contributed by atoms with Gasteiger partial charge in [0.1, 0.15) is 0 Å². The molecule has 0 aromatic heterocycles. The molecule has 0 bridgehead atoms. The van der Waals surface area contributed by atoms with Crippen molar-refractivity contribution in [3.63, 3.8) is 0 Å². The molecule has 0 aromatic rings. The SMILES string of the molecule is CO[C@H](/C=C/C(C)(O)C1CCC(C)(NC=O)CC1)C(C)C. The van der Waals surface area contributed by atoms with Crippen LogP contribution in [0.15, 0.2) is 12.2 Å². The molecule has 0 aromatic carbocycles. The molecule has 1 amide bonds. The average Bonchev–Trinajstić information content (AvgIpc) is 2.39. The van der Waals surface area contributed by atoms with E-state index >= 15 is 0 Å². The van der Waals surface area contributed by atoms with Crippen molar-refractivity contribution < 1.29 is 14.6 Å². The standard InChI is InChI=1S/C17H31NO3/c1-13(2)15(21-5)8-11-17(4,20)14-6-9-16(3,10-7-14)18-12-19/h8,11-15,20H,6-7,9-10H2,1-5H3,(H,18,19)/b11-8+/t14?,15-,16?,17?/m1/s1. The summed E-state index contributed by atoms with van der Waals surface area (Å²) in [6.45, 7) is 8.15. The number of hydrogen-bond donors (Lipinski definition) is 2. The molecule has 1 aliphatic rings. The number of aliphatic hydroxyl groups is 1. The molecule has 0 aliphatic heterocycles. The second-order valence-corrected chi connectivity index (χ2v) is 7.13. The number of hydrogen-bond acceptors (Lipinski definition) is 3. The largest absolute Gasteiger partial charge is 0.386 e. The molecule has 1 aliphatic carbocycles. The van der Waals surface area contributed by atoms with Crippen LogP contribution in [0.25, 0.3) is 0 Å². The third-order valence-corrected chi connectivity index (χ3v) is 4.88. The molecule has 4 nitrogen and oxygen atoms in total. The topological polar surface area (TPSA) is 58.6 Å². The third-order valence-electron chi connectivity index (χ3n) is 4.88. The van der Waals surface area contributed by atoms with Gasteiger partial charge < -0.3 is 15.2 Å². The van der Waals surface area contributed by atoms with Gasteiger partial charge in [0, 0.05) is 12.6 Å². The van der Waals surface area contributed by atoms with Gasteiger partial charge in [-0.25, -0.2) is 0 Å². The van der Waals surface area contributed by atoms with Crippen LogP contribution in [-0.4, -0.2) is 35.9 Å². The van der Waals surface area contributed by atoms with Crippen molar-refractivity contribution in [2.24, 2.45) is 11.8 Å². The first-order valence-electron chi connectivity index (χ1n) is 7.90. The van der Waals surface area contributed by atoms with Crippen LogP contribution in [0.4, 0.5) is 0 Å². The Bertz CT molecular complexity index is 355. The van der Waals surface area contributed by atoms with Gasteiger partial charge >= 0.3 is 0 Å². The van der Waals surface area contributed by atoms with Gasteiger partial charge in [0.25, 0.3) is 0 Å². The van der Waals surface area contributed by atoms with Crippen LogP contribution in [0.2, 0.25) is 0 Å². The molecule has 2 atom stereocenters. The summed E-state index contributed by atoms with van der Waals surface area (Å²) in [4.78, 5) is 10.6. The number of rotatable bonds is 7. The maximum Gasteiger partial charge on any atom is 0.207 e. The van der Waals surface area contributed by atoms with E-state index in [1.807, 2.05) is 19.1 Å². The first-order chi connectivity index (χ1) is 9.74. The monoisotopic (exact) mass is 297 g/mol. The number of amides is 1. The predicted molar refractivity (Wildman–Crippen MR) is 85.0 cm³/mol. The highest BCUT2D eigenvalue weighted by Gasteiger charge is 2.37. The van der Waals surface area contributed by atoms with Gasteiger partial charge in [-0.3, -0.25) is 4.79 Å². The van der Waals surface area contributed by atoms with Crippen molar-refractivity contribution in [1.82, 2.24) is 5.32 Å².